The van der Waals surface area contributed by atoms with Crippen LogP contribution in [0.25, 0.3) is 0 Å². The lowest BCUT2D eigenvalue weighted by Gasteiger charge is -2.50. The standard InChI is InChI=1S/C27H32F6N4O/c1-5-17(2)37-15-23(36-24-19(14-34)7-6-10-35-24)8-9-25(37,4)16-38-18(3)20-11-21(26(28,29)30)13-22(12-20)27(31,32)33/h6-7,10-13,17-18,23H,5,8-9,15-16H2,1-4H3,(H,35,36)/t17-,18?,23?,25-/m1/s1. The number of piperidine rings is 1. The van der Waals surface area contributed by atoms with Gasteiger partial charge in [0.1, 0.15) is 11.9 Å². The molecule has 3 rings (SSSR count). The number of alkyl halides is 6. The minimum absolute atomic E-state index is 0.00527. The lowest BCUT2D eigenvalue weighted by molar-refractivity contribution is -0.143. The number of halogens is 6. The first-order valence-electron chi connectivity index (χ1n) is 12.5. The number of nitrogens with zero attached hydrogens (tertiary/aromatic N) is 3. The van der Waals surface area contributed by atoms with Crippen molar-refractivity contribution in [1.82, 2.24) is 9.88 Å². The van der Waals surface area contributed by atoms with E-state index in [1.165, 1.54) is 6.92 Å². The third kappa shape index (κ3) is 6.97. The lowest BCUT2D eigenvalue weighted by atomic mass is 9.85. The lowest BCUT2D eigenvalue weighted by Crippen LogP contribution is -2.60. The average molecular weight is 543 g/mol. The van der Waals surface area contributed by atoms with Gasteiger partial charge < -0.3 is 10.1 Å². The molecule has 2 unspecified atom stereocenters. The van der Waals surface area contributed by atoms with Crippen LogP contribution in [-0.4, -0.2) is 40.7 Å². The van der Waals surface area contributed by atoms with Crippen LogP contribution >= 0.6 is 0 Å². The van der Waals surface area contributed by atoms with Crippen molar-refractivity contribution >= 4 is 5.82 Å². The van der Waals surface area contributed by atoms with Gasteiger partial charge in [-0.15, -0.1) is 0 Å². The third-order valence-electron chi connectivity index (χ3n) is 7.26. The molecule has 0 radical (unpaired) electrons. The van der Waals surface area contributed by atoms with Gasteiger partial charge in [-0.3, -0.25) is 4.90 Å². The molecule has 0 amide bonds. The number of benzene rings is 1. The highest BCUT2D eigenvalue weighted by atomic mass is 19.4. The molecule has 38 heavy (non-hydrogen) atoms. The fourth-order valence-corrected chi connectivity index (χ4v) is 4.80. The van der Waals surface area contributed by atoms with Crippen LogP contribution in [0.2, 0.25) is 0 Å². The summed E-state index contributed by atoms with van der Waals surface area (Å²) in [7, 11) is 0. The highest BCUT2D eigenvalue weighted by Crippen LogP contribution is 2.39. The van der Waals surface area contributed by atoms with E-state index in [1.807, 2.05) is 13.8 Å². The van der Waals surface area contributed by atoms with Gasteiger partial charge in [-0.05, 0) is 75.9 Å². The van der Waals surface area contributed by atoms with E-state index < -0.39 is 35.1 Å². The fourth-order valence-electron chi connectivity index (χ4n) is 4.80. The summed E-state index contributed by atoms with van der Waals surface area (Å²) in [6.45, 7) is 8.29. The first-order chi connectivity index (χ1) is 17.7. The van der Waals surface area contributed by atoms with Gasteiger partial charge in [0.05, 0.1) is 29.4 Å². The highest BCUT2D eigenvalue weighted by molar-refractivity contribution is 5.51. The number of anilines is 1. The van der Waals surface area contributed by atoms with Crippen LogP contribution < -0.4 is 5.32 Å². The molecule has 11 heteroatoms. The number of nitrogens with one attached hydrogen (secondary N) is 1. The highest BCUT2D eigenvalue weighted by Gasteiger charge is 2.41. The van der Waals surface area contributed by atoms with E-state index in [4.69, 9.17) is 4.74 Å². The number of rotatable bonds is 8. The van der Waals surface area contributed by atoms with Gasteiger partial charge in [-0.1, -0.05) is 6.92 Å². The zero-order valence-electron chi connectivity index (χ0n) is 21.7. The Labute approximate surface area is 218 Å². The summed E-state index contributed by atoms with van der Waals surface area (Å²) >= 11 is 0. The molecule has 2 aromatic rings. The van der Waals surface area contributed by atoms with E-state index in [0.717, 1.165) is 18.6 Å². The smallest absolute Gasteiger partial charge is 0.372 e. The molecule has 0 saturated carbocycles. The molecular weight excluding hydrogens is 510 g/mol. The molecular formula is C27H32F6N4O. The number of aromatic nitrogens is 1. The molecule has 1 saturated heterocycles. The molecule has 1 N–H and O–H groups in total. The molecule has 5 nitrogen and oxygen atoms in total. The Morgan fingerprint density at radius 2 is 1.79 bits per heavy atom. The van der Waals surface area contributed by atoms with Crippen LogP contribution in [0.5, 0.6) is 0 Å². The normalized spacial score (nSPS) is 22.5. The Morgan fingerprint density at radius 3 is 2.34 bits per heavy atom. The number of hydrogen-bond acceptors (Lipinski definition) is 5. The maximum absolute atomic E-state index is 13.3. The second-order valence-electron chi connectivity index (χ2n) is 10.1. The second-order valence-corrected chi connectivity index (χ2v) is 10.1. The molecule has 1 fully saturated rings. The first kappa shape index (κ1) is 29.7. The molecule has 4 atom stereocenters. The number of hydrogen-bond donors (Lipinski definition) is 1. The largest absolute Gasteiger partial charge is 0.416 e. The van der Waals surface area contributed by atoms with Crippen molar-refractivity contribution in [1.29, 1.82) is 5.26 Å². The minimum atomic E-state index is -4.92. The van der Waals surface area contributed by atoms with Gasteiger partial charge in [0, 0.05) is 30.4 Å². The average Bonchev–Trinajstić information content (AvgIpc) is 2.87. The van der Waals surface area contributed by atoms with Gasteiger partial charge in [0.2, 0.25) is 0 Å². The van der Waals surface area contributed by atoms with E-state index in [1.54, 1.807) is 18.3 Å². The summed E-state index contributed by atoms with van der Waals surface area (Å²) in [6, 6.07) is 7.18. The molecule has 208 valence electrons. The molecule has 2 heterocycles. The Morgan fingerprint density at radius 1 is 1.16 bits per heavy atom. The van der Waals surface area contributed by atoms with Crippen LogP contribution in [-0.2, 0) is 17.1 Å². The molecule has 1 aliphatic rings. The number of pyridine rings is 1. The topological polar surface area (TPSA) is 61.2 Å². The van der Waals surface area contributed by atoms with E-state index in [0.29, 0.717) is 30.8 Å². The van der Waals surface area contributed by atoms with Crippen molar-refractivity contribution in [2.24, 2.45) is 0 Å². The van der Waals surface area contributed by atoms with Gasteiger partial charge in [0.25, 0.3) is 0 Å². The maximum Gasteiger partial charge on any atom is 0.416 e. The Hall–Kier alpha value is -2.84. The number of ether oxygens (including phenoxy) is 1. The van der Waals surface area contributed by atoms with Crippen molar-refractivity contribution in [3.8, 4) is 6.07 Å². The summed E-state index contributed by atoms with van der Waals surface area (Å²) in [6.07, 6.45) is -7.02. The third-order valence-corrected chi connectivity index (χ3v) is 7.26. The number of nitriles is 1. The molecule has 0 bridgehead atoms. The van der Waals surface area contributed by atoms with E-state index >= 15 is 0 Å². The zero-order chi connectivity index (χ0) is 28.3. The SMILES string of the molecule is CC[C@@H](C)N1CC(Nc2ncccc2C#N)CC[C@]1(C)COC(C)c1cc(C(F)(F)F)cc(C(F)(F)F)c1. The molecule has 0 aliphatic carbocycles. The molecule has 1 aromatic carbocycles. The minimum Gasteiger partial charge on any atom is -0.372 e. The predicted octanol–water partition coefficient (Wildman–Crippen LogP) is 7.20. The summed E-state index contributed by atoms with van der Waals surface area (Å²) in [4.78, 5) is 6.53. The summed E-state index contributed by atoms with van der Waals surface area (Å²) < 4.78 is 85.9. The zero-order valence-corrected chi connectivity index (χ0v) is 21.7. The van der Waals surface area contributed by atoms with Crippen LogP contribution in [0.4, 0.5) is 32.2 Å². The van der Waals surface area contributed by atoms with Gasteiger partial charge in [0.15, 0.2) is 0 Å². The second kappa shape index (κ2) is 11.5. The fraction of sp³-hybridized carbons (Fsp3) is 0.556. The van der Waals surface area contributed by atoms with Crippen molar-refractivity contribution < 1.29 is 31.1 Å². The van der Waals surface area contributed by atoms with Crippen LogP contribution in [0.15, 0.2) is 36.5 Å². The Balaban J connectivity index is 1.78. The first-order valence-corrected chi connectivity index (χ1v) is 12.5. The Kier molecular flexibility index (Phi) is 8.99. The van der Waals surface area contributed by atoms with Crippen LogP contribution in [0.1, 0.15) is 75.3 Å². The molecule has 0 spiro atoms. The molecule has 1 aliphatic heterocycles. The van der Waals surface area contributed by atoms with E-state index in [2.05, 4.69) is 28.2 Å². The maximum atomic E-state index is 13.3. The van der Waals surface area contributed by atoms with Crippen molar-refractivity contribution in [2.45, 2.75) is 83.0 Å². The molecule has 1 aromatic heterocycles. The van der Waals surface area contributed by atoms with Gasteiger partial charge in [-0.2, -0.15) is 31.6 Å². The summed E-state index contributed by atoms with van der Waals surface area (Å²) in [5.41, 5.74) is -2.96. The van der Waals surface area contributed by atoms with Gasteiger partial charge in [-0.25, -0.2) is 4.98 Å². The van der Waals surface area contributed by atoms with E-state index in [9.17, 15) is 31.6 Å². The van der Waals surface area contributed by atoms with Crippen molar-refractivity contribution in [2.75, 3.05) is 18.5 Å². The van der Waals surface area contributed by atoms with E-state index in [-0.39, 0.29) is 30.3 Å². The summed E-state index contributed by atoms with van der Waals surface area (Å²) in [5.74, 6) is 0.502. The van der Waals surface area contributed by atoms with Crippen LogP contribution in [0.3, 0.4) is 0 Å². The monoisotopic (exact) mass is 542 g/mol. The van der Waals surface area contributed by atoms with Crippen molar-refractivity contribution in [3.63, 3.8) is 0 Å². The Bertz CT molecular complexity index is 1110. The quantitative estimate of drug-likeness (QED) is 0.358. The number of likely N-dealkylation sites (tertiary alicyclic amines) is 1. The predicted molar refractivity (Wildman–Crippen MR) is 131 cm³/mol. The summed E-state index contributed by atoms with van der Waals surface area (Å²) in [5, 5.41) is 12.7. The van der Waals surface area contributed by atoms with Gasteiger partial charge >= 0.3 is 12.4 Å². The van der Waals surface area contributed by atoms with Crippen molar-refractivity contribution in [3.05, 3.63) is 58.8 Å². The van der Waals surface area contributed by atoms with Crippen LogP contribution in [0, 0.1) is 11.3 Å².